The van der Waals surface area contributed by atoms with Crippen molar-refractivity contribution < 1.29 is 4.79 Å². The first-order valence-corrected chi connectivity index (χ1v) is 5.80. The lowest BCUT2D eigenvalue weighted by Gasteiger charge is -2.09. The highest BCUT2D eigenvalue weighted by atomic mass is 32.1. The molecule has 0 saturated heterocycles. The number of carbonyl (C=O) groups is 1. The molecule has 0 aliphatic heterocycles. The van der Waals surface area contributed by atoms with Crippen LogP contribution in [-0.4, -0.2) is 16.9 Å². The molecule has 1 fully saturated rings. The van der Waals surface area contributed by atoms with Crippen LogP contribution in [-0.2, 0) is 0 Å². The molecule has 0 atom stereocenters. The van der Waals surface area contributed by atoms with E-state index in [1.165, 1.54) is 24.2 Å². The molecule has 76 valence electrons. The summed E-state index contributed by atoms with van der Waals surface area (Å²) in [5.41, 5.74) is 0. The highest BCUT2D eigenvalue weighted by molar-refractivity contribution is 7.13. The van der Waals surface area contributed by atoms with Gasteiger partial charge >= 0.3 is 0 Å². The first kappa shape index (κ1) is 9.65. The monoisotopic (exact) mass is 210 g/mol. The lowest BCUT2D eigenvalue weighted by atomic mass is 10.2. The van der Waals surface area contributed by atoms with Crippen LogP contribution in [0.1, 0.15) is 40.4 Å². The van der Waals surface area contributed by atoms with Crippen molar-refractivity contribution in [2.24, 2.45) is 0 Å². The van der Waals surface area contributed by atoms with Crippen molar-refractivity contribution in [1.82, 2.24) is 10.3 Å². The van der Waals surface area contributed by atoms with Crippen LogP contribution in [0, 0.1) is 6.92 Å². The number of hydrogen-bond acceptors (Lipinski definition) is 3. The van der Waals surface area contributed by atoms with Gasteiger partial charge in [0.2, 0.25) is 0 Å². The molecule has 14 heavy (non-hydrogen) atoms. The Hall–Kier alpha value is -0.900. The summed E-state index contributed by atoms with van der Waals surface area (Å²) in [5.74, 6) is -0.00463. The van der Waals surface area contributed by atoms with E-state index < -0.39 is 0 Å². The smallest absolute Gasteiger partial charge is 0.280 e. The molecule has 1 aromatic heterocycles. The second kappa shape index (κ2) is 4.09. The molecular formula is C10H14N2OS. The first-order valence-electron chi connectivity index (χ1n) is 4.99. The quantitative estimate of drug-likeness (QED) is 0.812. The molecule has 1 N–H and O–H groups in total. The first-order chi connectivity index (χ1) is 6.75. The van der Waals surface area contributed by atoms with E-state index in [1.54, 1.807) is 6.20 Å². The Kier molecular flexibility index (Phi) is 2.82. The van der Waals surface area contributed by atoms with Crippen molar-refractivity contribution in [3.63, 3.8) is 0 Å². The van der Waals surface area contributed by atoms with Gasteiger partial charge in [0.05, 0.1) is 0 Å². The second-order valence-corrected chi connectivity index (χ2v) is 4.97. The predicted molar refractivity (Wildman–Crippen MR) is 56.6 cm³/mol. The molecule has 1 saturated carbocycles. The number of aryl methyl sites for hydroxylation is 1. The lowest BCUT2D eigenvalue weighted by molar-refractivity contribution is 0.0937. The van der Waals surface area contributed by atoms with Gasteiger partial charge in [-0.15, -0.1) is 11.3 Å². The van der Waals surface area contributed by atoms with Crippen molar-refractivity contribution in [3.8, 4) is 0 Å². The highest BCUT2D eigenvalue weighted by Crippen LogP contribution is 2.19. The van der Waals surface area contributed by atoms with Gasteiger partial charge in [0.1, 0.15) is 0 Å². The zero-order chi connectivity index (χ0) is 9.97. The number of aromatic nitrogens is 1. The topological polar surface area (TPSA) is 42.0 Å². The van der Waals surface area contributed by atoms with Crippen LogP contribution >= 0.6 is 11.3 Å². The number of nitrogens with one attached hydrogen (secondary N) is 1. The average Bonchev–Trinajstić information content (AvgIpc) is 2.75. The van der Waals surface area contributed by atoms with Crippen LogP contribution in [0.2, 0.25) is 0 Å². The van der Waals surface area contributed by atoms with Gasteiger partial charge in [0.15, 0.2) is 5.01 Å². The summed E-state index contributed by atoms with van der Waals surface area (Å²) in [5, 5.41) is 3.61. The van der Waals surface area contributed by atoms with E-state index in [4.69, 9.17) is 0 Å². The summed E-state index contributed by atoms with van der Waals surface area (Å²) >= 11 is 1.46. The summed E-state index contributed by atoms with van der Waals surface area (Å²) < 4.78 is 0. The van der Waals surface area contributed by atoms with E-state index in [2.05, 4.69) is 10.3 Å². The molecule has 0 aromatic carbocycles. The Morgan fingerprint density at radius 1 is 1.57 bits per heavy atom. The zero-order valence-corrected chi connectivity index (χ0v) is 9.06. The van der Waals surface area contributed by atoms with Gasteiger partial charge in [0.25, 0.3) is 5.91 Å². The maximum atomic E-state index is 11.7. The van der Waals surface area contributed by atoms with Crippen LogP contribution in [0.15, 0.2) is 6.20 Å². The third kappa shape index (κ3) is 2.12. The zero-order valence-electron chi connectivity index (χ0n) is 8.25. The number of amides is 1. The van der Waals surface area contributed by atoms with Gasteiger partial charge in [-0.25, -0.2) is 4.98 Å². The minimum Gasteiger partial charge on any atom is -0.347 e. The molecule has 0 radical (unpaired) electrons. The normalized spacial score (nSPS) is 17.2. The highest BCUT2D eigenvalue weighted by Gasteiger charge is 2.19. The summed E-state index contributed by atoms with van der Waals surface area (Å²) in [7, 11) is 0. The van der Waals surface area contributed by atoms with E-state index in [9.17, 15) is 4.79 Å². The predicted octanol–water partition coefficient (Wildman–Crippen LogP) is 2.12. The van der Waals surface area contributed by atoms with Gasteiger partial charge < -0.3 is 5.32 Å². The number of thiazole rings is 1. The summed E-state index contributed by atoms with van der Waals surface area (Å²) in [4.78, 5) is 16.8. The van der Waals surface area contributed by atoms with Gasteiger partial charge in [-0.1, -0.05) is 12.8 Å². The van der Waals surface area contributed by atoms with Gasteiger partial charge in [-0.3, -0.25) is 4.79 Å². The molecule has 1 heterocycles. The molecule has 1 amide bonds. The Bertz CT molecular complexity index is 329. The van der Waals surface area contributed by atoms with Gasteiger partial charge in [-0.2, -0.15) is 0 Å². The molecule has 1 aliphatic carbocycles. The fourth-order valence-corrected chi connectivity index (χ4v) is 2.44. The molecule has 1 aromatic rings. The van der Waals surface area contributed by atoms with Crippen molar-refractivity contribution in [2.75, 3.05) is 0 Å². The summed E-state index contributed by atoms with van der Waals surface area (Å²) in [6.45, 7) is 1.96. The van der Waals surface area contributed by atoms with Gasteiger partial charge in [-0.05, 0) is 19.8 Å². The van der Waals surface area contributed by atoms with Crippen molar-refractivity contribution in [1.29, 1.82) is 0 Å². The van der Waals surface area contributed by atoms with Crippen molar-refractivity contribution >= 4 is 17.2 Å². The van der Waals surface area contributed by atoms with E-state index in [-0.39, 0.29) is 5.91 Å². The third-order valence-electron chi connectivity index (χ3n) is 2.51. The SMILES string of the molecule is Cc1cnc(C(=O)NC2CCCC2)s1. The number of rotatable bonds is 2. The third-order valence-corrected chi connectivity index (χ3v) is 3.42. The second-order valence-electron chi connectivity index (χ2n) is 3.73. The minimum absolute atomic E-state index is 0.00463. The number of hydrogen-bond donors (Lipinski definition) is 1. The Morgan fingerprint density at radius 3 is 2.86 bits per heavy atom. The number of carbonyl (C=O) groups excluding carboxylic acids is 1. The van der Waals surface area contributed by atoms with E-state index in [1.807, 2.05) is 6.92 Å². The Labute approximate surface area is 87.6 Å². The Balaban J connectivity index is 1.95. The molecule has 0 unspecified atom stereocenters. The summed E-state index contributed by atoms with van der Waals surface area (Å²) in [6, 6.07) is 0.381. The van der Waals surface area contributed by atoms with E-state index in [0.717, 1.165) is 17.7 Å². The molecule has 4 heteroatoms. The van der Waals surface area contributed by atoms with Crippen LogP contribution in [0.4, 0.5) is 0 Å². The molecule has 3 nitrogen and oxygen atoms in total. The van der Waals surface area contributed by atoms with E-state index >= 15 is 0 Å². The maximum Gasteiger partial charge on any atom is 0.280 e. The minimum atomic E-state index is -0.00463. The average molecular weight is 210 g/mol. The summed E-state index contributed by atoms with van der Waals surface area (Å²) in [6.07, 6.45) is 6.46. The molecule has 0 spiro atoms. The van der Waals surface area contributed by atoms with Crippen LogP contribution < -0.4 is 5.32 Å². The van der Waals surface area contributed by atoms with Crippen molar-refractivity contribution in [2.45, 2.75) is 38.6 Å². The van der Waals surface area contributed by atoms with Crippen LogP contribution in [0.5, 0.6) is 0 Å². The van der Waals surface area contributed by atoms with E-state index in [0.29, 0.717) is 11.0 Å². The largest absolute Gasteiger partial charge is 0.347 e. The van der Waals surface area contributed by atoms with Crippen LogP contribution in [0.25, 0.3) is 0 Å². The van der Waals surface area contributed by atoms with Gasteiger partial charge in [0, 0.05) is 17.1 Å². The fraction of sp³-hybridized carbons (Fsp3) is 0.600. The fourth-order valence-electron chi connectivity index (χ4n) is 1.78. The Morgan fingerprint density at radius 2 is 2.29 bits per heavy atom. The molecule has 0 bridgehead atoms. The lowest BCUT2D eigenvalue weighted by Crippen LogP contribution is -2.32. The maximum absolute atomic E-state index is 11.7. The molecular weight excluding hydrogens is 196 g/mol. The van der Waals surface area contributed by atoms with Crippen molar-refractivity contribution in [3.05, 3.63) is 16.1 Å². The molecule has 2 rings (SSSR count). The number of nitrogens with zero attached hydrogens (tertiary/aromatic N) is 1. The van der Waals surface area contributed by atoms with Crippen LogP contribution in [0.3, 0.4) is 0 Å². The standard InChI is InChI=1S/C10H14N2OS/c1-7-6-11-10(14-7)9(13)12-8-4-2-3-5-8/h6,8H,2-5H2,1H3,(H,12,13). The molecule has 1 aliphatic rings.